The van der Waals surface area contributed by atoms with Crippen molar-refractivity contribution in [2.45, 2.75) is 37.8 Å². The summed E-state index contributed by atoms with van der Waals surface area (Å²) < 4.78 is 30.2. The molecule has 3 aromatic rings. The molecule has 4 aliphatic heterocycles. The molecule has 3 aromatic carbocycles. The molecule has 0 spiro atoms. The van der Waals surface area contributed by atoms with Crippen molar-refractivity contribution in [2.75, 3.05) is 48.5 Å². The van der Waals surface area contributed by atoms with Gasteiger partial charge in [-0.05, 0) is 97.9 Å². The SMILES string of the molecule is C=CC1=C2C=C(OC)Oc3c(O)c(OC)cc4c3C(Cc3ccc(OC)c(c3)Oc3ccc(cc3)CC2N(C)CC1)N(C)CC4. The molecule has 4 heterocycles. The minimum absolute atomic E-state index is 0.0506. The largest absolute Gasteiger partial charge is 0.502 e. The number of phenolic OH excluding ortho intramolecular Hbond substituents is 1. The van der Waals surface area contributed by atoms with Gasteiger partial charge in [-0.3, -0.25) is 9.80 Å². The van der Waals surface area contributed by atoms with Gasteiger partial charge in [-0.2, -0.15) is 0 Å². The minimum Gasteiger partial charge on any atom is -0.502 e. The van der Waals surface area contributed by atoms with Gasteiger partial charge >= 0.3 is 0 Å². The molecule has 0 aromatic heterocycles. The fourth-order valence-corrected chi connectivity index (χ4v) is 6.73. The lowest BCUT2D eigenvalue weighted by atomic mass is 9.87. The molecule has 1 N–H and O–H groups in total. The Morgan fingerprint density at radius 1 is 0.822 bits per heavy atom. The van der Waals surface area contributed by atoms with Crippen molar-refractivity contribution in [3.63, 3.8) is 0 Å². The van der Waals surface area contributed by atoms with Crippen LogP contribution < -0.4 is 18.9 Å². The van der Waals surface area contributed by atoms with E-state index in [1.54, 1.807) is 21.3 Å². The van der Waals surface area contributed by atoms with Crippen LogP contribution in [0.5, 0.6) is 34.5 Å². The van der Waals surface area contributed by atoms with Gasteiger partial charge in [0.25, 0.3) is 5.95 Å². The molecule has 0 fully saturated rings. The van der Waals surface area contributed by atoms with Crippen LogP contribution in [0.15, 0.2) is 84.4 Å². The van der Waals surface area contributed by atoms with Gasteiger partial charge in [0.05, 0.1) is 21.3 Å². The predicted molar refractivity (Wildman–Crippen MR) is 175 cm³/mol. The molecule has 2 atom stereocenters. The number of fused-ring (bicyclic) bond motifs is 3. The minimum atomic E-state index is -0.102. The van der Waals surface area contributed by atoms with Crippen LogP contribution in [0.1, 0.15) is 34.7 Å². The van der Waals surface area contributed by atoms with Crippen molar-refractivity contribution in [2.24, 2.45) is 0 Å². The van der Waals surface area contributed by atoms with E-state index in [2.05, 4.69) is 48.7 Å². The van der Waals surface area contributed by atoms with Crippen LogP contribution in [0, 0.1) is 0 Å². The van der Waals surface area contributed by atoms with Gasteiger partial charge in [0.1, 0.15) is 5.75 Å². The molecule has 7 rings (SSSR count). The van der Waals surface area contributed by atoms with Crippen LogP contribution in [0.2, 0.25) is 0 Å². The average molecular weight is 611 g/mol. The van der Waals surface area contributed by atoms with E-state index in [-0.39, 0.29) is 17.8 Å². The summed E-state index contributed by atoms with van der Waals surface area (Å²) in [7, 11) is 9.05. The third-order valence-corrected chi connectivity index (χ3v) is 9.32. The summed E-state index contributed by atoms with van der Waals surface area (Å²) >= 11 is 0. The fourth-order valence-electron chi connectivity index (χ4n) is 6.73. The zero-order chi connectivity index (χ0) is 31.7. The summed E-state index contributed by atoms with van der Waals surface area (Å²) in [5.74, 6) is 3.00. The maximum Gasteiger partial charge on any atom is 0.284 e. The quantitative estimate of drug-likeness (QED) is 0.355. The number of rotatable bonds is 4. The van der Waals surface area contributed by atoms with Crippen molar-refractivity contribution in [3.05, 3.63) is 107 Å². The Hall–Kier alpha value is -4.40. The van der Waals surface area contributed by atoms with Crippen molar-refractivity contribution in [1.82, 2.24) is 9.80 Å². The molecule has 4 aliphatic rings. The lowest BCUT2D eigenvalue weighted by Gasteiger charge is -2.37. The van der Waals surface area contributed by atoms with Crippen LogP contribution in [0.4, 0.5) is 0 Å². The van der Waals surface area contributed by atoms with Crippen LogP contribution in [0.3, 0.4) is 0 Å². The Bertz CT molecular complexity index is 1640. The number of aromatic hydroxyl groups is 1. The maximum atomic E-state index is 11.6. The van der Waals surface area contributed by atoms with Crippen molar-refractivity contribution in [3.8, 4) is 34.5 Å². The second-order valence-electron chi connectivity index (χ2n) is 11.9. The van der Waals surface area contributed by atoms with Crippen molar-refractivity contribution >= 4 is 0 Å². The van der Waals surface area contributed by atoms with Gasteiger partial charge in [-0.15, -0.1) is 0 Å². The van der Waals surface area contributed by atoms with E-state index in [0.29, 0.717) is 35.4 Å². The first-order chi connectivity index (χ1) is 21.8. The van der Waals surface area contributed by atoms with Crippen molar-refractivity contribution < 1.29 is 28.8 Å². The standard InChI is InChI=1S/C37H42N2O6/c1-7-25-14-16-38(2)29-18-23-8-11-27(12-9-23)44-32-20-24(10-13-31(32)41-4)19-30-35-26(15-17-39(30)3)21-33(42-5)36(40)37(35)45-34(43-6)22-28(25)29/h7-13,20-22,29-30,40H,1,14-19H2,2-6H3. The molecule has 0 amide bonds. The zero-order valence-electron chi connectivity index (χ0n) is 26.8. The molecule has 2 unspecified atom stereocenters. The van der Waals surface area contributed by atoms with E-state index in [0.717, 1.165) is 65.9 Å². The fraction of sp³-hybridized carbons (Fsp3) is 0.351. The van der Waals surface area contributed by atoms with Crippen LogP contribution in [0.25, 0.3) is 0 Å². The van der Waals surface area contributed by atoms with E-state index in [4.69, 9.17) is 23.7 Å². The zero-order valence-corrected chi connectivity index (χ0v) is 26.8. The topological polar surface area (TPSA) is 72.9 Å². The number of allylic oxidation sites excluding steroid dienone is 1. The molecule has 0 radical (unpaired) electrons. The Morgan fingerprint density at radius 2 is 1.51 bits per heavy atom. The monoisotopic (exact) mass is 610 g/mol. The second kappa shape index (κ2) is 12.9. The van der Waals surface area contributed by atoms with E-state index in [1.165, 1.54) is 5.56 Å². The number of hydrogen-bond acceptors (Lipinski definition) is 8. The molecular formula is C37H42N2O6. The van der Waals surface area contributed by atoms with Gasteiger partial charge < -0.3 is 28.8 Å². The lowest BCUT2D eigenvalue weighted by Crippen LogP contribution is -2.39. The molecule has 8 nitrogen and oxygen atoms in total. The Labute approximate surface area is 265 Å². The Balaban J connectivity index is 1.57. The third kappa shape index (κ3) is 6.00. The highest BCUT2D eigenvalue weighted by molar-refractivity contribution is 5.61. The highest BCUT2D eigenvalue weighted by atomic mass is 16.7. The molecule has 0 saturated heterocycles. The number of methoxy groups -OCH3 is 3. The highest BCUT2D eigenvalue weighted by Crippen LogP contribution is 2.49. The molecule has 236 valence electrons. The molecule has 8 heteroatoms. The molecular weight excluding hydrogens is 568 g/mol. The second-order valence-corrected chi connectivity index (χ2v) is 11.9. The summed E-state index contributed by atoms with van der Waals surface area (Å²) in [4.78, 5) is 4.64. The molecule has 4 bridgehead atoms. The van der Waals surface area contributed by atoms with Crippen LogP contribution in [-0.4, -0.2) is 69.5 Å². The lowest BCUT2D eigenvalue weighted by molar-refractivity contribution is 0.140. The van der Waals surface area contributed by atoms with Gasteiger partial charge in [-0.25, -0.2) is 0 Å². The number of likely N-dealkylation sites (N-methyl/N-ethyl adjacent to an activating group) is 2. The van der Waals surface area contributed by atoms with E-state index in [9.17, 15) is 5.11 Å². The Morgan fingerprint density at radius 3 is 2.22 bits per heavy atom. The summed E-state index contributed by atoms with van der Waals surface area (Å²) in [6.07, 6.45) is 6.95. The first-order valence-electron chi connectivity index (χ1n) is 15.4. The number of hydrogen-bond donors (Lipinski definition) is 1. The summed E-state index contributed by atoms with van der Waals surface area (Å²) in [5.41, 5.74) is 6.42. The summed E-state index contributed by atoms with van der Waals surface area (Å²) in [5, 5.41) is 11.6. The predicted octanol–water partition coefficient (Wildman–Crippen LogP) is 6.58. The van der Waals surface area contributed by atoms with Crippen LogP contribution >= 0.6 is 0 Å². The van der Waals surface area contributed by atoms with Crippen molar-refractivity contribution in [1.29, 1.82) is 0 Å². The van der Waals surface area contributed by atoms with E-state index in [1.807, 2.05) is 42.5 Å². The molecule has 0 aliphatic carbocycles. The first kappa shape index (κ1) is 30.6. The third-order valence-electron chi connectivity index (χ3n) is 9.32. The van der Waals surface area contributed by atoms with Gasteiger partial charge in [0.15, 0.2) is 23.0 Å². The maximum absolute atomic E-state index is 11.6. The number of nitrogens with zero attached hydrogens (tertiary/aromatic N) is 2. The number of benzene rings is 3. The highest BCUT2D eigenvalue weighted by Gasteiger charge is 2.34. The molecule has 45 heavy (non-hydrogen) atoms. The smallest absolute Gasteiger partial charge is 0.284 e. The van der Waals surface area contributed by atoms with Gasteiger partial charge in [0.2, 0.25) is 5.75 Å². The summed E-state index contributed by atoms with van der Waals surface area (Å²) in [6, 6.07) is 16.2. The first-order valence-corrected chi connectivity index (χ1v) is 15.4. The summed E-state index contributed by atoms with van der Waals surface area (Å²) in [6.45, 7) is 5.88. The van der Waals surface area contributed by atoms with E-state index >= 15 is 0 Å². The van der Waals surface area contributed by atoms with Crippen LogP contribution in [-0.2, 0) is 24.0 Å². The average Bonchev–Trinajstić information content (AvgIpc) is 3.05. The van der Waals surface area contributed by atoms with E-state index < -0.39 is 0 Å². The number of ether oxygens (including phenoxy) is 5. The Kier molecular flexibility index (Phi) is 8.79. The molecule has 0 saturated carbocycles. The van der Waals surface area contributed by atoms with Gasteiger partial charge in [0, 0.05) is 36.8 Å². The normalized spacial score (nSPS) is 20.4. The number of phenols is 1. The van der Waals surface area contributed by atoms with Gasteiger partial charge in [-0.1, -0.05) is 30.9 Å².